The predicted octanol–water partition coefficient (Wildman–Crippen LogP) is 5.05. The molecule has 2 aromatic carbocycles. The molecule has 0 aliphatic carbocycles. The Kier molecular flexibility index (Phi) is 5.03. The van der Waals surface area contributed by atoms with Crippen molar-refractivity contribution >= 4 is 17.3 Å². The molecule has 5 rings (SSSR count). The molecule has 5 heteroatoms. The molecule has 0 bridgehead atoms. The van der Waals surface area contributed by atoms with Crippen LogP contribution in [0.1, 0.15) is 29.0 Å². The highest BCUT2D eigenvalue weighted by molar-refractivity contribution is 7.80. The maximum absolute atomic E-state index is 5.81. The topological polar surface area (TPSA) is 33.1 Å². The summed E-state index contributed by atoms with van der Waals surface area (Å²) in [5.41, 5.74) is 4.53. The third-order valence-corrected chi connectivity index (χ3v) is 5.86. The fourth-order valence-corrected chi connectivity index (χ4v) is 4.44. The van der Waals surface area contributed by atoms with Gasteiger partial charge in [0, 0.05) is 30.3 Å². The molecule has 4 aromatic rings. The van der Waals surface area contributed by atoms with E-state index in [1.54, 1.807) is 0 Å². The van der Waals surface area contributed by atoms with Gasteiger partial charge in [-0.15, -0.1) is 0 Å². The summed E-state index contributed by atoms with van der Waals surface area (Å²) in [6.45, 7) is 0.737. The summed E-state index contributed by atoms with van der Waals surface area (Å²) in [5.74, 6) is 0. The van der Waals surface area contributed by atoms with Crippen molar-refractivity contribution in [3.63, 3.8) is 0 Å². The molecule has 4 nitrogen and oxygen atoms in total. The molecule has 0 amide bonds. The van der Waals surface area contributed by atoms with Crippen LogP contribution < -0.4 is 5.32 Å². The summed E-state index contributed by atoms with van der Waals surface area (Å²) >= 11 is 5.81. The molecule has 3 heterocycles. The SMILES string of the molecule is S=C1N[C@H](c2ccccn2)[C@@H](c2cccn2-c2ccccc2)N1Cc1ccccc1. The van der Waals surface area contributed by atoms with E-state index in [1.807, 2.05) is 30.5 Å². The van der Waals surface area contributed by atoms with E-state index in [-0.39, 0.29) is 12.1 Å². The van der Waals surface area contributed by atoms with Crippen molar-refractivity contribution in [1.82, 2.24) is 19.8 Å². The second-order valence-corrected chi connectivity index (χ2v) is 7.77. The van der Waals surface area contributed by atoms with E-state index in [1.165, 1.54) is 11.3 Å². The van der Waals surface area contributed by atoms with Gasteiger partial charge < -0.3 is 14.8 Å². The van der Waals surface area contributed by atoms with Gasteiger partial charge in [0.05, 0.1) is 17.8 Å². The molecule has 1 fully saturated rings. The Bertz CT molecular complexity index is 1130. The van der Waals surface area contributed by atoms with Gasteiger partial charge >= 0.3 is 0 Å². The standard InChI is InChI=1S/C25H22N4S/c30-25-27-23(21-14-7-8-16-26-21)24(29(25)18-19-10-3-1-4-11-19)22-15-9-17-28(22)20-12-5-2-6-13-20/h1-17,23-24H,18H2,(H,27,30)/t23-,24-/m1/s1. The molecule has 2 aromatic heterocycles. The van der Waals surface area contributed by atoms with Crippen molar-refractivity contribution in [1.29, 1.82) is 0 Å². The fraction of sp³-hybridized carbons (Fsp3) is 0.120. The van der Waals surface area contributed by atoms with Crippen molar-refractivity contribution in [3.8, 4) is 5.69 Å². The van der Waals surface area contributed by atoms with E-state index >= 15 is 0 Å². The predicted molar refractivity (Wildman–Crippen MR) is 123 cm³/mol. The van der Waals surface area contributed by atoms with E-state index < -0.39 is 0 Å². The minimum absolute atomic E-state index is 0.0165. The lowest BCUT2D eigenvalue weighted by atomic mass is 10.0. The largest absolute Gasteiger partial charge is 0.352 e. The summed E-state index contributed by atoms with van der Waals surface area (Å²) in [4.78, 5) is 6.92. The minimum Gasteiger partial charge on any atom is -0.352 e. The summed E-state index contributed by atoms with van der Waals surface area (Å²) in [5, 5.41) is 4.29. The molecule has 0 radical (unpaired) electrons. The maximum atomic E-state index is 5.81. The van der Waals surface area contributed by atoms with Gasteiger partial charge in [0.1, 0.15) is 0 Å². The van der Waals surface area contributed by atoms with Crippen LogP contribution in [0.15, 0.2) is 103 Å². The Balaban J connectivity index is 1.60. The van der Waals surface area contributed by atoms with Crippen molar-refractivity contribution in [2.24, 2.45) is 0 Å². The van der Waals surface area contributed by atoms with Gasteiger partial charge in [-0.3, -0.25) is 4.98 Å². The first-order valence-electron chi connectivity index (χ1n) is 10.1. The number of nitrogens with zero attached hydrogens (tertiary/aromatic N) is 3. The molecule has 0 saturated carbocycles. The molecule has 148 valence electrons. The lowest BCUT2D eigenvalue weighted by Gasteiger charge is -2.29. The molecule has 1 N–H and O–H groups in total. The molecule has 1 saturated heterocycles. The van der Waals surface area contributed by atoms with Crippen molar-refractivity contribution in [2.45, 2.75) is 18.6 Å². The zero-order valence-electron chi connectivity index (χ0n) is 16.4. The molecule has 0 spiro atoms. The Morgan fingerprint density at radius 2 is 1.57 bits per heavy atom. The number of benzene rings is 2. The van der Waals surface area contributed by atoms with Gasteiger partial charge in [0.2, 0.25) is 0 Å². The third kappa shape index (κ3) is 3.48. The van der Waals surface area contributed by atoms with Crippen LogP contribution in [0, 0.1) is 0 Å². The van der Waals surface area contributed by atoms with Crippen LogP contribution in [0.5, 0.6) is 0 Å². The first kappa shape index (κ1) is 18.6. The number of hydrogen-bond acceptors (Lipinski definition) is 2. The van der Waals surface area contributed by atoms with E-state index in [0.717, 1.165) is 23.0 Å². The highest BCUT2D eigenvalue weighted by atomic mass is 32.1. The Morgan fingerprint density at radius 1 is 0.833 bits per heavy atom. The highest BCUT2D eigenvalue weighted by Gasteiger charge is 2.41. The van der Waals surface area contributed by atoms with Gasteiger partial charge in [-0.1, -0.05) is 54.6 Å². The molecule has 2 atom stereocenters. The second-order valence-electron chi connectivity index (χ2n) is 7.38. The van der Waals surface area contributed by atoms with Crippen LogP contribution in [0.3, 0.4) is 0 Å². The smallest absolute Gasteiger partial charge is 0.170 e. The number of para-hydroxylation sites is 1. The summed E-state index contributed by atoms with van der Waals surface area (Å²) in [6.07, 6.45) is 3.95. The Labute approximate surface area is 181 Å². The average Bonchev–Trinajstić information content (AvgIpc) is 3.40. The number of hydrogen-bond donors (Lipinski definition) is 1. The summed E-state index contributed by atoms with van der Waals surface area (Å²) in [6, 6.07) is 31.2. The first-order valence-corrected chi connectivity index (χ1v) is 10.5. The zero-order valence-corrected chi connectivity index (χ0v) is 17.2. The van der Waals surface area contributed by atoms with Gasteiger partial charge in [-0.2, -0.15) is 0 Å². The first-order chi connectivity index (χ1) is 14.8. The van der Waals surface area contributed by atoms with Crippen molar-refractivity contribution < 1.29 is 0 Å². The van der Waals surface area contributed by atoms with Crippen LogP contribution in [0.4, 0.5) is 0 Å². The summed E-state index contributed by atoms with van der Waals surface area (Å²) < 4.78 is 2.24. The molecule has 0 unspecified atom stereocenters. The molecule has 1 aliphatic rings. The number of rotatable bonds is 5. The van der Waals surface area contributed by atoms with Crippen LogP contribution in [-0.4, -0.2) is 19.6 Å². The lowest BCUT2D eigenvalue weighted by molar-refractivity contribution is 0.302. The van der Waals surface area contributed by atoms with Gasteiger partial charge in [-0.05, 0) is 54.2 Å². The van der Waals surface area contributed by atoms with Crippen LogP contribution >= 0.6 is 12.2 Å². The maximum Gasteiger partial charge on any atom is 0.170 e. The minimum atomic E-state index is -0.0280. The third-order valence-electron chi connectivity index (χ3n) is 5.51. The zero-order chi connectivity index (χ0) is 20.3. The van der Waals surface area contributed by atoms with E-state index in [0.29, 0.717) is 0 Å². The molecule has 30 heavy (non-hydrogen) atoms. The van der Waals surface area contributed by atoms with Crippen LogP contribution in [0.2, 0.25) is 0 Å². The fourth-order valence-electron chi connectivity index (χ4n) is 4.14. The number of thiocarbonyl (C=S) groups is 1. The summed E-state index contributed by atoms with van der Waals surface area (Å²) in [7, 11) is 0. The van der Waals surface area contributed by atoms with E-state index in [9.17, 15) is 0 Å². The van der Waals surface area contributed by atoms with Crippen molar-refractivity contribution in [2.75, 3.05) is 0 Å². The lowest BCUT2D eigenvalue weighted by Crippen LogP contribution is -2.30. The Hall–Kier alpha value is -3.44. The van der Waals surface area contributed by atoms with Crippen LogP contribution in [-0.2, 0) is 6.54 Å². The van der Waals surface area contributed by atoms with Gasteiger partial charge in [0.15, 0.2) is 5.11 Å². The Morgan fingerprint density at radius 3 is 2.30 bits per heavy atom. The van der Waals surface area contributed by atoms with Gasteiger partial charge in [0.25, 0.3) is 0 Å². The normalized spacial score (nSPS) is 18.4. The van der Waals surface area contributed by atoms with Gasteiger partial charge in [-0.25, -0.2) is 0 Å². The van der Waals surface area contributed by atoms with E-state index in [4.69, 9.17) is 12.2 Å². The van der Waals surface area contributed by atoms with E-state index in [2.05, 4.69) is 92.7 Å². The molecular weight excluding hydrogens is 388 g/mol. The number of pyridine rings is 1. The average molecular weight is 411 g/mol. The number of aromatic nitrogens is 2. The second kappa shape index (κ2) is 8.13. The molecular formula is C25H22N4S. The van der Waals surface area contributed by atoms with Crippen LogP contribution in [0.25, 0.3) is 5.69 Å². The quantitative estimate of drug-likeness (QED) is 0.467. The highest BCUT2D eigenvalue weighted by Crippen LogP contribution is 2.40. The monoisotopic (exact) mass is 410 g/mol. The number of nitrogens with one attached hydrogen (secondary N) is 1. The molecule has 1 aliphatic heterocycles. The van der Waals surface area contributed by atoms with Crippen molar-refractivity contribution in [3.05, 3.63) is 120 Å².